The van der Waals surface area contributed by atoms with Crippen LogP contribution in [-0.2, 0) is 9.53 Å². The van der Waals surface area contributed by atoms with Crippen LogP contribution in [0.25, 0.3) is 0 Å². The first-order chi connectivity index (χ1) is 10.7. The van der Waals surface area contributed by atoms with E-state index < -0.39 is 0 Å². The lowest BCUT2D eigenvalue weighted by Gasteiger charge is -2.24. The molecule has 0 aromatic carbocycles. The summed E-state index contributed by atoms with van der Waals surface area (Å²) >= 11 is 0. The normalized spacial score (nSPS) is 15.2. The Hall–Kier alpha value is -1.98. The molecule has 0 saturated heterocycles. The van der Waals surface area contributed by atoms with E-state index in [0.717, 1.165) is 24.3 Å². The summed E-state index contributed by atoms with van der Waals surface area (Å²) in [5, 5.41) is 6.56. The highest BCUT2D eigenvalue weighted by Gasteiger charge is 2.16. The van der Waals surface area contributed by atoms with Gasteiger partial charge in [-0.15, -0.1) is 0 Å². The molecule has 1 heterocycles. The Morgan fingerprint density at radius 2 is 2.09 bits per heavy atom. The predicted octanol–water partition coefficient (Wildman–Crippen LogP) is 2.81. The van der Waals surface area contributed by atoms with Crippen LogP contribution in [0.4, 0.5) is 11.5 Å². The van der Waals surface area contributed by atoms with Crippen molar-refractivity contribution in [2.75, 3.05) is 30.9 Å². The average Bonchev–Trinajstić information content (AvgIpc) is 2.55. The molecule has 1 aromatic rings. The highest BCUT2D eigenvalue weighted by molar-refractivity contribution is 5.77. The van der Waals surface area contributed by atoms with Crippen LogP contribution in [-0.4, -0.2) is 37.3 Å². The molecule has 6 heteroatoms. The van der Waals surface area contributed by atoms with E-state index in [1.165, 1.54) is 19.3 Å². The third kappa shape index (κ3) is 4.79. The van der Waals surface area contributed by atoms with Crippen LogP contribution in [0.1, 0.15) is 39.0 Å². The number of nitrogens with one attached hydrogen (secondary N) is 2. The van der Waals surface area contributed by atoms with Crippen LogP contribution in [0, 0.1) is 0 Å². The van der Waals surface area contributed by atoms with Crippen LogP contribution in [0.2, 0.25) is 0 Å². The second kappa shape index (κ2) is 8.46. The maximum absolute atomic E-state index is 11.5. The van der Waals surface area contributed by atoms with Gasteiger partial charge in [0, 0.05) is 12.1 Å². The maximum Gasteiger partial charge on any atom is 0.325 e. The van der Waals surface area contributed by atoms with E-state index in [4.69, 9.17) is 9.47 Å². The van der Waals surface area contributed by atoms with Crippen molar-refractivity contribution in [3.63, 3.8) is 0 Å². The van der Waals surface area contributed by atoms with Crippen LogP contribution in [0.5, 0.6) is 5.88 Å². The molecule has 122 valence electrons. The molecule has 2 N–H and O–H groups in total. The van der Waals surface area contributed by atoms with Gasteiger partial charge in [-0.3, -0.25) is 4.79 Å². The molecule has 22 heavy (non-hydrogen) atoms. The zero-order valence-electron chi connectivity index (χ0n) is 13.4. The minimum atomic E-state index is -0.276. The quantitative estimate of drug-likeness (QED) is 0.755. The number of pyridine rings is 1. The van der Waals surface area contributed by atoms with E-state index >= 15 is 0 Å². The highest BCUT2D eigenvalue weighted by Crippen LogP contribution is 2.27. The Labute approximate surface area is 131 Å². The summed E-state index contributed by atoms with van der Waals surface area (Å²) in [7, 11) is 1.60. The van der Waals surface area contributed by atoms with Gasteiger partial charge in [0.2, 0.25) is 5.88 Å². The van der Waals surface area contributed by atoms with Crippen molar-refractivity contribution >= 4 is 17.5 Å². The molecule has 0 amide bonds. The summed E-state index contributed by atoms with van der Waals surface area (Å²) in [6.45, 7) is 2.30. The molecule has 0 bridgehead atoms. The van der Waals surface area contributed by atoms with E-state index in [2.05, 4.69) is 15.6 Å². The summed E-state index contributed by atoms with van der Waals surface area (Å²) in [6, 6.07) is 4.08. The number of carbonyl (C=O) groups excluding carboxylic acids is 1. The number of esters is 1. The van der Waals surface area contributed by atoms with Gasteiger partial charge >= 0.3 is 5.97 Å². The molecule has 1 saturated carbocycles. The van der Waals surface area contributed by atoms with Gasteiger partial charge in [0.25, 0.3) is 0 Å². The van der Waals surface area contributed by atoms with E-state index in [0.29, 0.717) is 18.5 Å². The Balaban J connectivity index is 2.04. The Morgan fingerprint density at radius 3 is 2.77 bits per heavy atom. The Morgan fingerprint density at radius 1 is 1.32 bits per heavy atom. The molecule has 2 rings (SSSR count). The second-order valence-corrected chi connectivity index (χ2v) is 5.39. The molecule has 0 radical (unpaired) electrons. The third-order valence-electron chi connectivity index (χ3n) is 3.75. The van der Waals surface area contributed by atoms with E-state index in [9.17, 15) is 4.79 Å². The molecule has 6 nitrogen and oxygen atoms in total. The minimum Gasteiger partial charge on any atom is -0.481 e. The first kappa shape index (κ1) is 16.4. The molecule has 1 fully saturated rings. The number of hydrogen-bond acceptors (Lipinski definition) is 6. The summed E-state index contributed by atoms with van der Waals surface area (Å²) < 4.78 is 10.1. The molecular formula is C16H25N3O3. The second-order valence-electron chi connectivity index (χ2n) is 5.39. The number of rotatable bonds is 7. The Bertz CT molecular complexity index is 488. The number of nitrogens with zero attached hydrogens (tertiary/aromatic N) is 1. The zero-order chi connectivity index (χ0) is 15.8. The average molecular weight is 307 g/mol. The summed E-state index contributed by atoms with van der Waals surface area (Å²) in [5.74, 6) is 1.01. The lowest BCUT2D eigenvalue weighted by atomic mass is 9.95. The molecule has 0 atom stereocenters. The first-order valence-electron chi connectivity index (χ1n) is 7.94. The van der Waals surface area contributed by atoms with Crippen molar-refractivity contribution in [3.8, 4) is 5.88 Å². The SMILES string of the molecule is CCOC(=O)CNc1ccc(OC)nc1NC1CCCCC1. The van der Waals surface area contributed by atoms with Crippen molar-refractivity contribution < 1.29 is 14.3 Å². The van der Waals surface area contributed by atoms with Crippen molar-refractivity contribution in [2.24, 2.45) is 0 Å². The largest absolute Gasteiger partial charge is 0.481 e. The van der Waals surface area contributed by atoms with Gasteiger partial charge in [0.15, 0.2) is 5.82 Å². The molecule has 0 unspecified atom stereocenters. The van der Waals surface area contributed by atoms with E-state index in [1.54, 1.807) is 20.1 Å². The van der Waals surface area contributed by atoms with Crippen molar-refractivity contribution in [2.45, 2.75) is 45.1 Å². The number of anilines is 2. The predicted molar refractivity (Wildman–Crippen MR) is 86.4 cm³/mol. The van der Waals surface area contributed by atoms with Crippen molar-refractivity contribution in [3.05, 3.63) is 12.1 Å². The topological polar surface area (TPSA) is 72.5 Å². The first-order valence-corrected chi connectivity index (χ1v) is 7.94. The summed E-state index contributed by atoms with van der Waals surface area (Å²) in [6.07, 6.45) is 6.09. The highest BCUT2D eigenvalue weighted by atomic mass is 16.5. The van der Waals surface area contributed by atoms with Crippen molar-refractivity contribution in [1.29, 1.82) is 0 Å². The summed E-state index contributed by atoms with van der Waals surface area (Å²) in [5.41, 5.74) is 0.791. The summed E-state index contributed by atoms with van der Waals surface area (Å²) in [4.78, 5) is 16.0. The maximum atomic E-state index is 11.5. The lowest BCUT2D eigenvalue weighted by molar-refractivity contribution is -0.140. The van der Waals surface area contributed by atoms with Crippen LogP contribution < -0.4 is 15.4 Å². The van der Waals surface area contributed by atoms with E-state index in [1.807, 2.05) is 6.07 Å². The lowest BCUT2D eigenvalue weighted by Crippen LogP contribution is -2.24. The minimum absolute atomic E-state index is 0.126. The number of carbonyl (C=O) groups is 1. The standard InChI is InChI=1S/C16H25N3O3/c1-3-22-15(20)11-17-13-9-10-14(21-2)19-16(13)18-12-7-5-4-6-8-12/h9-10,12,17H,3-8,11H2,1-2H3,(H,18,19). The molecule has 1 aliphatic carbocycles. The molecule has 1 aliphatic rings. The van der Waals surface area contributed by atoms with Crippen LogP contribution in [0.15, 0.2) is 12.1 Å². The molecule has 1 aromatic heterocycles. The number of methoxy groups -OCH3 is 1. The fraction of sp³-hybridized carbons (Fsp3) is 0.625. The van der Waals surface area contributed by atoms with Gasteiger partial charge in [0.1, 0.15) is 6.54 Å². The van der Waals surface area contributed by atoms with Crippen molar-refractivity contribution in [1.82, 2.24) is 4.98 Å². The van der Waals surface area contributed by atoms with Crippen LogP contribution in [0.3, 0.4) is 0 Å². The fourth-order valence-corrected chi connectivity index (χ4v) is 2.63. The third-order valence-corrected chi connectivity index (χ3v) is 3.75. The zero-order valence-corrected chi connectivity index (χ0v) is 13.4. The number of ether oxygens (including phenoxy) is 2. The van der Waals surface area contributed by atoms with Gasteiger partial charge in [-0.25, -0.2) is 0 Å². The monoisotopic (exact) mass is 307 g/mol. The van der Waals surface area contributed by atoms with Crippen LogP contribution >= 0.6 is 0 Å². The van der Waals surface area contributed by atoms with Gasteiger partial charge in [-0.1, -0.05) is 19.3 Å². The Kier molecular flexibility index (Phi) is 6.30. The number of hydrogen-bond donors (Lipinski definition) is 2. The van der Waals surface area contributed by atoms with Gasteiger partial charge < -0.3 is 20.1 Å². The molecule has 0 aliphatic heterocycles. The molecular weight excluding hydrogens is 282 g/mol. The smallest absolute Gasteiger partial charge is 0.325 e. The molecule has 0 spiro atoms. The van der Waals surface area contributed by atoms with Gasteiger partial charge in [0.05, 0.1) is 19.4 Å². The van der Waals surface area contributed by atoms with Gasteiger partial charge in [-0.05, 0) is 25.8 Å². The number of aromatic nitrogens is 1. The van der Waals surface area contributed by atoms with Gasteiger partial charge in [-0.2, -0.15) is 4.98 Å². The van der Waals surface area contributed by atoms with E-state index in [-0.39, 0.29) is 12.5 Å². The fourth-order valence-electron chi connectivity index (χ4n) is 2.63.